The predicted molar refractivity (Wildman–Crippen MR) is 109 cm³/mol. The Labute approximate surface area is 168 Å². The number of carbonyl (C=O) groups is 1. The fraction of sp³-hybridized carbons (Fsp3) is 0.450. The summed E-state index contributed by atoms with van der Waals surface area (Å²) in [6, 6.07) is 5.09. The summed E-state index contributed by atoms with van der Waals surface area (Å²) in [6.07, 6.45) is 0. The Balaban J connectivity index is 1.79. The molecular weight excluding hydrogens is 376 g/mol. The standard InChI is InChI=1S/C20H26N4O5/c1-13-17(19(26)22(3)20(27)21(13)2)23-8-10-24(11-9-23)18(25)14-6-7-15(28-4)16(12-14)29-5/h6-7,12H,8-11H2,1-5H3. The molecule has 3 rings (SSSR count). The van der Waals surface area contributed by atoms with Gasteiger partial charge in [-0.1, -0.05) is 0 Å². The van der Waals surface area contributed by atoms with Gasteiger partial charge in [-0.15, -0.1) is 0 Å². The summed E-state index contributed by atoms with van der Waals surface area (Å²) in [5.74, 6) is 0.965. The summed E-state index contributed by atoms with van der Waals surface area (Å²) in [5.41, 5.74) is 0.986. The Hall–Kier alpha value is -3.23. The average molecular weight is 402 g/mol. The summed E-state index contributed by atoms with van der Waals surface area (Å²) in [5, 5.41) is 0. The number of aromatic nitrogens is 2. The minimum Gasteiger partial charge on any atom is -0.493 e. The van der Waals surface area contributed by atoms with E-state index < -0.39 is 0 Å². The normalized spacial score (nSPS) is 14.1. The van der Waals surface area contributed by atoms with Gasteiger partial charge in [0.15, 0.2) is 11.5 Å². The number of ether oxygens (including phenoxy) is 2. The number of benzene rings is 1. The monoisotopic (exact) mass is 402 g/mol. The van der Waals surface area contributed by atoms with E-state index in [-0.39, 0.29) is 17.2 Å². The van der Waals surface area contributed by atoms with Crippen molar-refractivity contribution < 1.29 is 14.3 Å². The third kappa shape index (κ3) is 3.59. The lowest BCUT2D eigenvalue weighted by atomic mass is 10.1. The van der Waals surface area contributed by atoms with Gasteiger partial charge in [-0.05, 0) is 25.1 Å². The van der Waals surface area contributed by atoms with E-state index >= 15 is 0 Å². The van der Waals surface area contributed by atoms with E-state index in [9.17, 15) is 14.4 Å². The highest BCUT2D eigenvalue weighted by Crippen LogP contribution is 2.28. The van der Waals surface area contributed by atoms with E-state index in [1.807, 2.05) is 4.90 Å². The number of nitrogens with zero attached hydrogens (tertiary/aromatic N) is 4. The zero-order chi connectivity index (χ0) is 21.3. The number of methoxy groups -OCH3 is 2. The Kier molecular flexibility index (Phi) is 5.67. The van der Waals surface area contributed by atoms with Gasteiger partial charge in [0.1, 0.15) is 5.69 Å². The predicted octanol–water partition coefficient (Wildman–Crippen LogP) is 0.372. The third-order valence-electron chi connectivity index (χ3n) is 5.44. The molecule has 0 spiro atoms. The first-order valence-electron chi connectivity index (χ1n) is 9.33. The van der Waals surface area contributed by atoms with Gasteiger partial charge in [0, 0.05) is 51.5 Å². The molecule has 156 valence electrons. The molecule has 1 aromatic heterocycles. The number of anilines is 1. The summed E-state index contributed by atoms with van der Waals surface area (Å²) in [7, 11) is 6.20. The van der Waals surface area contributed by atoms with Gasteiger partial charge < -0.3 is 19.3 Å². The molecule has 1 aliphatic heterocycles. The molecule has 1 aromatic carbocycles. The summed E-state index contributed by atoms with van der Waals surface area (Å²) >= 11 is 0. The lowest BCUT2D eigenvalue weighted by Crippen LogP contribution is -2.52. The number of hydrogen-bond donors (Lipinski definition) is 0. The highest BCUT2D eigenvalue weighted by molar-refractivity contribution is 5.95. The summed E-state index contributed by atoms with van der Waals surface area (Å²) in [4.78, 5) is 41.3. The molecular formula is C20H26N4O5. The van der Waals surface area contributed by atoms with Crippen LogP contribution in [0.25, 0.3) is 0 Å². The number of hydrogen-bond acceptors (Lipinski definition) is 6. The van der Waals surface area contributed by atoms with Crippen LogP contribution in [-0.4, -0.2) is 60.3 Å². The number of amides is 1. The molecule has 9 heteroatoms. The van der Waals surface area contributed by atoms with E-state index in [0.29, 0.717) is 54.6 Å². The first-order valence-corrected chi connectivity index (χ1v) is 9.33. The second kappa shape index (κ2) is 8.02. The Morgan fingerprint density at radius 2 is 1.55 bits per heavy atom. The molecule has 0 bridgehead atoms. The molecule has 1 saturated heterocycles. The smallest absolute Gasteiger partial charge is 0.330 e. The lowest BCUT2D eigenvalue weighted by Gasteiger charge is -2.36. The maximum Gasteiger partial charge on any atom is 0.330 e. The molecule has 0 unspecified atom stereocenters. The molecule has 1 amide bonds. The van der Waals surface area contributed by atoms with Gasteiger partial charge in [0.25, 0.3) is 11.5 Å². The van der Waals surface area contributed by atoms with Crippen molar-refractivity contribution in [2.45, 2.75) is 6.92 Å². The molecule has 9 nitrogen and oxygen atoms in total. The fourth-order valence-electron chi connectivity index (χ4n) is 3.58. The van der Waals surface area contributed by atoms with Crippen molar-refractivity contribution in [1.82, 2.24) is 14.0 Å². The van der Waals surface area contributed by atoms with Crippen LogP contribution < -0.4 is 25.6 Å². The van der Waals surface area contributed by atoms with Gasteiger partial charge in [0.2, 0.25) is 0 Å². The number of rotatable bonds is 4. The van der Waals surface area contributed by atoms with Crippen LogP contribution in [0.15, 0.2) is 27.8 Å². The number of piperazine rings is 1. The van der Waals surface area contributed by atoms with Crippen molar-refractivity contribution in [3.63, 3.8) is 0 Å². The van der Waals surface area contributed by atoms with Crippen LogP contribution in [0.3, 0.4) is 0 Å². The summed E-state index contributed by atoms with van der Waals surface area (Å²) < 4.78 is 13.1. The van der Waals surface area contributed by atoms with Crippen molar-refractivity contribution >= 4 is 11.6 Å². The molecule has 1 fully saturated rings. The number of carbonyl (C=O) groups excluding carboxylic acids is 1. The van der Waals surface area contributed by atoms with Crippen molar-refractivity contribution in [1.29, 1.82) is 0 Å². The van der Waals surface area contributed by atoms with E-state index in [2.05, 4.69) is 0 Å². The van der Waals surface area contributed by atoms with E-state index in [1.165, 1.54) is 18.7 Å². The van der Waals surface area contributed by atoms with Gasteiger partial charge in [0.05, 0.1) is 14.2 Å². The molecule has 0 radical (unpaired) electrons. The van der Waals surface area contributed by atoms with E-state index in [1.54, 1.807) is 44.2 Å². The van der Waals surface area contributed by atoms with Crippen LogP contribution in [-0.2, 0) is 14.1 Å². The van der Waals surface area contributed by atoms with Crippen LogP contribution in [0, 0.1) is 6.92 Å². The Bertz CT molecular complexity index is 1050. The average Bonchev–Trinajstić information content (AvgIpc) is 2.76. The minimum absolute atomic E-state index is 0.101. The fourth-order valence-corrected chi connectivity index (χ4v) is 3.58. The lowest BCUT2D eigenvalue weighted by molar-refractivity contribution is 0.0746. The second-order valence-corrected chi connectivity index (χ2v) is 6.99. The Morgan fingerprint density at radius 1 is 0.931 bits per heavy atom. The highest BCUT2D eigenvalue weighted by atomic mass is 16.5. The largest absolute Gasteiger partial charge is 0.493 e. The molecule has 29 heavy (non-hydrogen) atoms. The third-order valence-corrected chi connectivity index (χ3v) is 5.44. The molecule has 2 heterocycles. The van der Waals surface area contributed by atoms with Crippen LogP contribution in [0.4, 0.5) is 5.69 Å². The summed E-state index contributed by atoms with van der Waals surface area (Å²) in [6.45, 7) is 3.72. The second-order valence-electron chi connectivity index (χ2n) is 6.99. The molecule has 2 aromatic rings. The quantitative estimate of drug-likeness (QED) is 0.735. The molecule has 0 N–H and O–H groups in total. The minimum atomic E-state index is -0.349. The van der Waals surface area contributed by atoms with E-state index in [4.69, 9.17) is 9.47 Å². The molecule has 0 aliphatic carbocycles. The molecule has 1 aliphatic rings. The molecule has 0 atom stereocenters. The van der Waals surface area contributed by atoms with Crippen molar-refractivity contribution in [3.05, 3.63) is 50.3 Å². The highest BCUT2D eigenvalue weighted by Gasteiger charge is 2.26. The first-order chi connectivity index (χ1) is 13.8. The zero-order valence-electron chi connectivity index (χ0n) is 17.4. The van der Waals surface area contributed by atoms with E-state index in [0.717, 1.165) is 4.57 Å². The van der Waals surface area contributed by atoms with Crippen LogP contribution in [0.2, 0.25) is 0 Å². The first kappa shape index (κ1) is 20.5. The van der Waals surface area contributed by atoms with Gasteiger partial charge >= 0.3 is 5.69 Å². The maximum absolute atomic E-state index is 12.9. The topological polar surface area (TPSA) is 86.0 Å². The van der Waals surface area contributed by atoms with Crippen molar-refractivity contribution in [2.24, 2.45) is 14.1 Å². The Morgan fingerprint density at radius 3 is 2.14 bits per heavy atom. The van der Waals surface area contributed by atoms with Crippen LogP contribution in [0.5, 0.6) is 11.5 Å². The van der Waals surface area contributed by atoms with Crippen molar-refractivity contribution in [2.75, 3.05) is 45.3 Å². The van der Waals surface area contributed by atoms with Gasteiger partial charge in [-0.3, -0.25) is 18.7 Å². The maximum atomic E-state index is 12.9. The van der Waals surface area contributed by atoms with Gasteiger partial charge in [-0.25, -0.2) is 4.79 Å². The zero-order valence-corrected chi connectivity index (χ0v) is 17.4. The van der Waals surface area contributed by atoms with Crippen molar-refractivity contribution in [3.8, 4) is 11.5 Å². The molecule has 0 saturated carbocycles. The van der Waals surface area contributed by atoms with Gasteiger partial charge in [-0.2, -0.15) is 0 Å². The SMILES string of the molecule is COc1ccc(C(=O)N2CCN(c3c(C)n(C)c(=O)n(C)c3=O)CC2)cc1OC. The van der Waals surface area contributed by atoms with Crippen LogP contribution in [0.1, 0.15) is 16.1 Å². The van der Waals surface area contributed by atoms with Crippen LogP contribution >= 0.6 is 0 Å².